The fourth-order valence-electron chi connectivity index (χ4n) is 3.27. The van der Waals surface area contributed by atoms with E-state index < -0.39 is 18.0 Å². The molecule has 0 aliphatic carbocycles. The second-order valence-electron chi connectivity index (χ2n) is 10.2. The maximum atomic E-state index is 12.7. The Hall–Kier alpha value is -2.96. The Morgan fingerprint density at radius 2 is 1.30 bits per heavy atom. The minimum atomic E-state index is -0.810. The molecule has 0 amide bonds. The van der Waals surface area contributed by atoms with Gasteiger partial charge in [-0.25, -0.2) is 0 Å². The Labute approximate surface area is 223 Å². The molecule has 0 aliphatic rings. The summed E-state index contributed by atoms with van der Waals surface area (Å²) in [6.07, 6.45) is 9.06. The van der Waals surface area contributed by atoms with Gasteiger partial charge in [-0.3, -0.25) is 9.59 Å². The first-order valence-corrected chi connectivity index (χ1v) is 12.9. The van der Waals surface area contributed by atoms with E-state index in [4.69, 9.17) is 9.47 Å². The summed E-state index contributed by atoms with van der Waals surface area (Å²) in [5.74, 6) is -0.652. The number of hydrogen-bond acceptors (Lipinski definition) is 6. The van der Waals surface area contributed by atoms with Gasteiger partial charge in [0.1, 0.15) is 0 Å². The van der Waals surface area contributed by atoms with E-state index >= 15 is 0 Å². The number of benzene rings is 1. The number of ether oxygens (including phenoxy) is 2. The molecule has 0 spiro atoms. The van der Waals surface area contributed by atoms with Crippen molar-refractivity contribution in [1.82, 2.24) is 5.32 Å². The Morgan fingerprint density at radius 1 is 0.811 bits per heavy atom. The van der Waals surface area contributed by atoms with Crippen LogP contribution in [-0.2, 0) is 9.59 Å². The lowest BCUT2D eigenvalue weighted by Crippen LogP contribution is -2.27. The zero-order valence-corrected chi connectivity index (χ0v) is 23.8. The number of aliphatic hydroxyl groups is 1. The van der Waals surface area contributed by atoms with Crippen molar-refractivity contribution in [2.75, 3.05) is 6.54 Å². The van der Waals surface area contributed by atoms with Gasteiger partial charge < -0.3 is 19.9 Å². The summed E-state index contributed by atoms with van der Waals surface area (Å²) < 4.78 is 11.2. The molecule has 0 aliphatic heterocycles. The molecule has 0 saturated carbocycles. The second kappa shape index (κ2) is 16.7. The number of rotatable bonds is 14. The quantitative estimate of drug-likeness (QED) is 0.160. The molecule has 1 aromatic carbocycles. The van der Waals surface area contributed by atoms with E-state index in [-0.39, 0.29) is 30.4 Å². The van der Waals surface area contributed by atoms with E-state index in [1.54, 1.807) is 18.2 Å². The average molecular weight is 512 g/mol. The van der Waals surface area contributed by atoms with Gasteiger partial charge in [-0.1, -0.05) is 66.5 Å². The fraction of sp³-hybridized carbons (Fsp3) is 0.484. The van der Waals surface area contributed by atoms with Gasteiger partial charge in [0, 0.05) is 12.6 Å². The maximum absolute atomic E-state index is 12.7. The number of aliphatic hydroxyl groups excluding tert-OH is 1. The minimum absolute atomic E-state index is 0.109. The van der Waals surface area contributed by atoms with Gasteiger partial charge in [-0.05, 0) is 72.1 Å². The summed E-state index contributed by atoms with van der Waals surface area (Å²) in [5.41, 5.74) is 4.76. The van der Waals surface area contributed by atoms with Gasteiger partial charge in [0.25, 0.3) is 0 Å². The molecule has 37 heavy (non-hydrogen) atoms. The zero-order chi connectivity index (χ0) is 28.0. The first-order chi connectivity index (χ1) is 17.4. The Bertz CT molecular complexity index is 1020. The van der Waals surface area contributed by atoms with E-state index in [2.05, 4.69) is 17.5 Å². The van der Waals surface area contributed by atoms with Gasteiger partial charge in [-0.15, -0.1) is 0 Å². The summed E-state index contributed by atoms with van der Waals surface area (Å²) in [4.78, 5) is 25.3. The molecule has 1 atom stereocenters. The van der Waals surface area contributed by atoms with Crippen LogP contribution in [0.2, 0.25) is 0 Å². The Morgan fingerprint density at radius 3 is 1.76 bits per heavy atom. The first kappa shape index (κ1) is 32.1. The minimum Gasteiger partial charge on any atom is -0.422 e. The summed E-state index contributed by atoms with van der Waals surface area (Å²) in [5, 5.41) is 13.8. The van der Waals surface area contributed by atoms with Crippen molar-refractivity contribution in [2.24, 2.45) is 0 Å². The predicted molar refractivity (Wildman–Crippen MR) is 151 cm³/mol. The van der Waals surface area contributed by atoms with Crippen LogP contribution in [0.1, 0.15) is 92.7 Å². The third kappa shape index (κ3) is 14.4. The van der Waals surface area contributed by atoms with Gasteiger partial charge in [0.05, 0.1) is 18.9 Å². The molecule has 1 unspecified atom stereocenters. The molecular weight excluding hydrogens is 466 g/mol. The number of esters is 2. The van der Waals surface area contributed by atoms with E-state index in [1.807, 2.05) is 67.5 Å². The molecule has 1 rings (SSSR count). The summed E-state index contributed by atoms with van der Waals surface area (Å²) in [6, 6.07) is 5.01. The Balaban J connectivity index is 3.06. The first-order valence-electron chi connectivity index (χ1n) is 12.9. The van der Waals surface area contributed by atoms with Crippen molar-refractivity contribution < 1.29 is 24.2 Å². The zero-order valence-electron chi connectivity index (χ0n) is 23.8. The Kier molecular flexibility index (Phi) is 14.5. The summed E-state index contributed by atoms with van der Waals surface area (Å²) in [6.45, 7) is 16.2. The summed E-state index contributed by atoms with van der Waals surface area (Å²) >= 11 is 0. The molecular formula is C31H45NO5. The standard InChI is InChI=1S/C31H45NO5/c1-21(2)11-9-13-24(7)17-30(34)36-28-16-15-26(27(33)20-32-23(5)6)19-29(28)37-31(35)18-25(8)14-10-12-22(3)4/h11-16,19,23,27,32-33H,9-10,17-18,20H2,1-8H3/b24-13+,25-14+. The van der Waals surface area contributed by atoms with Crippen molar-refractivity contribution >= 4 is 11.9 Å². The average Bonchev–Trinajstić information content (AvgIpc) is 2.77. The van der Waals surface area contributed by atoms with Crippen LogP contribution in [0, 0.1) is 0 Å². The molecule has 204 valence electrons. The van der Waals surface area contributed by atoms with Crippen LogP contribution in [0.25, 0.3) is 0 Å². The van der Waals surface area contributed by atoms with Crippen molar-refractivity contribution in [1.29, 1.82) is 0 Å². The molecule has 0 heterocycles. The van der Waals surface area contributed by atoms with Crippen LogP contribution in [0.15, 0.2) is 64.8 Å². The molecule has 1 aromatic rings. The fourth-order valence-corrected chi connectivity index (χ4v) is 3.27. The number of carbonyl (C=O) groups excluding carboxylic acids is 2. The van der Waals surface area contributed by atoms with Crippen LogP contribution in [0.3, 0.4) is 0 Å². The van der Waals surface area contributed by atoms with Crippen LogP contribution in [-0.4, -0.2) is 29.6 Å². The van der Waals surface area contributed by atoms with Gasteiger partial charge in [0.2, 0.25) is 0 Å². The number of hydrogen-bond donors (Lipinski definition) is 2. The predicted octanol–water partition coefficient (Wildman–Crippen LogP) is 6.91. The van der Waals surface area contributed by atoms with E-state index in [0.717, 1.165) is 24.0 Å². The summed E-state index contributed by atoms with van der Waals surface area (Å²) in [7, 11) is 0. The van der Waals surface area contributed by atoms with Crippen molar-refractivity contribution in [3.05, 3.63) is 70.4 Å². The highest BCUT2D eigenvalue weighted by Gasteiger charge is 2.18. The maximum Gasteiger partial charge on any atom is 0.315 e. The highest BCUT2D eigenvalue weighted by molar-refractivity contribution is 5.78. The number of allylic oxidation sites excluding steroid dienone is 6. The molecule has 2 N–H and O–H groups in total. The van der Waals surface area contributed by atoms with Crippen molar-refractivity contribution in [3.63, 3.8) is 0 Å². The molecule has 0 saturated heterocycles. The molecule has 0 bridgehead atoms. The molecule has 0 aromatic heterocycles. The number of carbonyl (C=O) groups is 2. The SMILES string of the molecule is CC(C)=CC/C=C(\C)CC(=O)Oc1ccc(C(O)CNC(C)C)cc1OC(=O)C/C(C)=C/CC=C(C)C. The number of nitrogens with one attached hydrogen (secondary N) is 1. The third-order valence-electron chi connectivity index (χ3n) is 5.35. The monoisotopic (exact) mass is 511 g/mol. The van der Waals surface area contributed by atoms with E-state index in [1.165, 1.54) is 11.1 Å². The van der Waals surface area contributed by atoms with Crippen LogP contribution >= 0.6 is 0 Å². The largest absolute Gasteiger partial charge is 0.422 e. The second-order valence-corrected chi connectivity index (χ2v) is 10.2. The van der Waals surface area contributed by atoms with Crippen molar-refractivity contribution in [2.45, 2.75) is 93.2 Å². The molecule has 0 fully saturated rings. The molecule has 6 nitrogen and oxygen atoms in total. The molecule has 6 heteroatoms. The van der Waals surface area contributed by atoms with E-state index in [0.29, 0.717) is 12.1 Å². The van der Waals surface area contributed by atoms with Gasteiger partial charge in [0.15, 0.2) is 11.5 Å². The third-order valence-corrected chi connectivity index (χ3v) is 5.35. The normalized spacial score (nSPS) is 12.7. The van der Waals surface area contributed by atoms with Crippen molar-refractivity contribution in [3.8, 4) is 11.5 Å². The highest BCUT2D eigenvalue weighted by Crippen LogP contribution is 2.32. The van der Waals surface area contributed by atoms with Gasteiger partial charge >= 0.3 is 11.9 Å². The highest BCUT2D eigenvalue weighted by atomic mass is 16.6. The van der Waals surface area contributed by atoms with E-state index in [9.17, 15) is 14.7 Å². The smallest absolute Gasteiger partial charge is 0.315 e. The lowest BCUT2D eigenvalue weighted by molar-refractivity contribution is -0.136. The lowest BCUT2D eigenvalue weighted by atomic mass is 10.1. The van der Waals surface area contributed by atoms with Crippen LogP contribution in [0.5, 0.6) is 11.5 Å². The van der Waals surface area contributed by atoms with Crippen LogP contribution in [0.4, 0.5) is 0 Å². The topological polar surface area (TPSA) is 84.9 Å². The van der Waals surface area contributed by atoms with Gasteiger partial charge in [-0.2, -0.15) is 0 Å². The lowest BCUT2D eigenvalue weighted by Gasteiger charge is -2.17. The molecule has 0 radical (unpaired) electrons. The van der Waals surface area contributed by atoms with Crippen LogP contribution < -0.4 is 14.8 Å².